The van der Waals surface area contributed by atoms with Crippen LogP contribution in [0, 0.1) is 11.8 Å². The summed E-state index contributed by atoms with van der Waals surface area (Å²) in [5, 5.41) is 34.3. The molecule has 55 heavy (non-hydrogen) atoms. The molecule has 0 aliphatic carbocycles. The van der Waals surface area contributed by atoms with Crippen molar-refractivity contribution in [2.45, 2.75) is 130 Å². The first-order chi connectivity index (χ1) is 25.7. The van der Waals surface area contributed by atoms with E-state index >= 15 is 0 Å². The van der Waals surface area contributed by atoms with E-state index in [0.717, 1.165) is 0 Å². The van der Waals surface area contributed by atoms with Crippen LogP contribution in [0.2, 0.25) is 0 Å². The molecule has 19 heteroatoms. The molecule has 1 saturated heterocycles. The van der Waals surface area contributed by atoms with Crippen molar-refractivity contribution in [3.63, 3.8) is 0 Å². The predicted molar refractivity (Wildman–Crippen MR) is 198 cm³/mol. The van der Waals surface area contributed by atoms with Gasteiger partial charge < -0.3 is 51.8 Å². The van der Waals surface area contributed by atoms with Crippen LogP contribution in [-0.2, 0) is 47.9 Å². The zero-order valence-corrected chi connectivity index (χ0v) is 33.0. The molecule has 0 aromatic rings. The smallest absolute Gasteiger partial charge is 0.303 e. The van der Waals surface area contributed by atoms with E-state index in [0.29, 0.717) is 6.42 Å². The van der Waals surface area contributed by atoms with E-state index in [1.54, 1.807) is 27.7 Å². The Hall–Kier alpha value is -4.65. The number of ketones is 1. The van der Waals surface area contributed by atoms with Gasteiger partial charge in [-0.3, -0.25) is 43.2 Å². The fraction of sp³-hybridized carbons (Fsp3) is 0.750. The molecule has 5 atom stereocenters. The molecule has 7 amide bonds. The predicted octanol–water partition coefficient (Wildman–Crippen LogP) is -1.50. The lowest BCUT2D eigenvalue weighted by atomic mass is 10.0. The van der Waals surface area contributed by atoms with Gasteiger partial charge in [0.05, 0.1) is 32.4 Å². The Balaban J connectivity index is 2.97. The molecule has 0 aromatic heterocycles. The number of ether oxygens (including phenoxy) is 1. The summed E-state index contributed by atoms with van der Waals surface area (Å²) in [7, 11) is 0. The van der Waals surface area contributed by atoms with E-state index < -0.39 is 97.0 Å². The Morgan fingerprint density at radius 1 is 0.727 bits per heavy atom. The van der Waals surface area contributed by atoms with E-state index in [-0.39, 0.29) is 75.6 Å². The average Bonchev–Trinajstić information content (AvgIpc) is 3.59. The zero-order chi connectivity index (χ0) is 41.8. The number of amides is 7. The van der Waals surface area contributed by atoms with Crippen LogP contribution in [0.5, 0.6) is 0 Å². The van der Waals surface area contributed by atoms with Gasteiger partial charge in [0.15, 0.2) is 0 Å². The molecular weight excluding hydrogens is 722 g/mol. The zero-order valence-electron chi connectivity index (χ0n) is 33.0. The first kappa shape index (κ1) is 48.4. The van der Waals surface area contributed by atoms with Gasteiger partial charge >= 0.3 is 5.97 Å². The van der Waals surface area contributed by atoms with E-state index in [4.69, 9.17) is 4.74 Å². The van der Waals surface area contributed by atoms with Gasteiger partial charge in [0.2, 0.25) is 41.4 Å². The number of carboxylic acids is 1. The second-order valence-electron chi connectivity index (χ2n) is 14.6. The summed E-state index contributed by atoms with van der Waals surface area (Å²) in [6.07, 6.45) is -1.36. The lowest BCUT2D eigenvalue weighted by Gasteiger charge is -2.31. The number of aliphatic carboxylic acids is 1. The minimum absolute atomic E-state index is 0.0174. The van der Waals surface area contributed by atoms with Gasteiger partial charge in [-0.15, -0.1) is 0 Å². The average molecular weight is 784 g/mol. The second kappa shape index (κ2) is 24.7. The maximum absolute atomic E-state index is 13.8. The summed E-state index contributed by atoms with van der Waals surface area (Å²) in [5.41, 5.74) is 0. The Labute approximate surface area is 322 Å². The van der Waals surface area contributed by atoms with Crippen LogP contribution >= 0.6 is 0 Å². The molecule has 1 aliphatic rings. The largest absolute Gasteiger partial charge is 0.481 e. The molecule has 312 valence electrons. The number of aliphatic hydroxyl groups is 1. The van der Waals surface area contributed by atoms with Crippen LogP contribution in [0.3, 0.4) is 0 Å². The van der Waals surface area contributed by atoms with Gasteiger partial charge in [-0.1, -0.05) is 27.7 Å². The molecule has 0 spiro atoms. The normalized spacial score (nSPS) is 16.1. The number of aliphatic hydroxyl groups excluding tert-OH is 1. The molecule has 19 nitrogen and oxygen atoms in total. The van der Waals surface area contributed by atoms with E-state index in [1.807, 2.05) is 13.8 Å². The monoisotopic (exact) mass is 783 g/mol. The summed E-state index contributed by atoms with van der Waals surface area (Å²) in [6, 6.07) is -5.30. The van der Waals surface area contributed by atoms with Crippen LogP contribution in [-0.4, -0.2) is 137 Å². The molecule has 0 radical (unpaired) electrons. The van der Waals surface area contributed by atoms with Gasteiger partial charge in [0, 0.05) is 37.8 Å². The topological polar surface area (TPSA) is 279 Å². The molecular formula is C36H61N7O12. The quantitative estimate of drug-likeness (QED) is 0.0492. The van der Waals surface area contributed by atoms with Gasteiger partial charge in [-0.05, 0) is 52.4 Å². The third kappa shape index (κ3) is 19.0. The molecule has 1 aliphatic heterocycles. The number of carboxylic acid groups (broad SMARTS) is 1. The lowest BCUT2D eigenvalue weighted by molar-refractivity contribution is -0.143. The van der Waals surface area contributed by atoms with Crippen molar-refractivity contribution in [2.24, 2.45) is 11.8 Å². The van der Waals surface area contributed by atoms with Gasteiger partial charge in [0.25, 0.3) is 0 Å². The number of nitrogens with one attached hydrogen (secondary N) is 6. The molecule has 1 fully saturated rings. The van der Waals surface area contributed by atoms with Crippen molar-refractivity contribution in [2.75, 3.05) is 32.8 Å². The molecule has 8 N–H and O–H groups in total. The number of hydrogen-bond donors (Lipinski definition) is 8. The van der Waals surface area contributed by atoms with Gasteiger partial charge in [0.1, 0.15) is 30.0 Å². The van der Waals surface area contributed by atoms with Crippen LogP contribution < -0.4 is 31.9 Å². The van der Waals surface area contributed by atoms with Crippen LogP contribution in [0.4, 0.5) is 0 Å². The minimum atomic E-state index is -1.62. The molecule has 1 rings (SSSR count). The Bertz CT molecular complexity index is 1350. The highest BCUT2D eigenvalue weighted by molar-refractivity contribution is 5.97. The number of nitrogens with zero attached hydrogens (tertiary/aromatic N) is 1. The molecule has 1 heterocycles. The Kier molecular flexibility index (Phi) is 21.7. The summed E-state index contributed by atoms with van der Waals surface area (Å²) in [4.78, 5) is 115. The van der Waals surface area contributed by atoms with Crippen molar-refractivity contribution >= 4 is 53.1 Å². The maximum Gasteiger partial charge on any atom is 0.303 e. The summed E-state index contributed by atoms with van der Waals surface area (Å²) >= 11 is 0. The number of hydrogen-bond acceptors (Lipinski definition) is 11. The van der Waals surface area contributed by atoms with Crippen LogP contribution in [0.1, 0.15) is 93.4 Å². The van der Waals surface area contributed by atoms with E-state index in [1.165, 1.54) is 11.8 Å². The van der Waals surface area contributed by atoms with Crippen molar-refractivity contribution in [3.05, 3.63) is 0 Å². The number of Topliss-reactive ketones (excluding diaryl/α,β-unsaturated/α-hetero) is 1. The highest BCUT2D eigenvalue weighted by Gasteiger charge is 2.39. The molecule has 0 bridgehead atoms. The Morgan fingerprint density at radius 3 is 1.95 bits per heavy atom. The van der Waals surface area contributed by atoms with Crippen molar-refractivity contribution in [1.29, 1.82) is 0 Å². The first-order valence-electron chi connectivity index (χ1n) is 18.8. The number of carbonyl (C=O) groups is 9. The second-order valence-corrected chi connectivity index (χ2v) is 14.6. The van der Waals surface area contributed by atoms with Gasteiger partial charge in [-0.25, -0.2) is 0 Å². The van der Waals surface area contributed by atoms with Crippen molar-refractivity contribution < 1.29 is 58.1 Å². The molecule has 0 saturated carbocycles. The standard InChI is InChI=1S/C36H61N7O12/c1-20(2)17-25(40-28(46)13-16-55-15-12-27(45)21(3)4)36(54)43-14-8-9-26(43)34(52)41-24(10-11-31(49)50)33(51)42-32(23(7)44)35(53)38-18-29(47)37-19-30(48)39-22(5)6/h20-26,32,44H,8-19H2,1-7H3,(H,37,47)(H,38,53)(H,39,48)(H,40,46)(H,41,52)(H,42,51)(H,49,50)/t23?,24-,25-,26-,32-/m0/s1. The third-order valence-corrected chi connectivity index (χ3v) is 8.45. The van der Waals surface area contributed by atoms with E-state index in [2.05, 4.69) is 31.9 Å². The SMILES string of the molecule is CC(C)C[C@H](NC(=O)CCOCCC(=O)C(C)C)C(=O)N1CCC[C@H]1C(=O)N[C@@H](CCC(=O)O)C(=O)N[C@H](C(=O)NCC(=O)NCC(=O)NC(C)C)C(C)O. The summed E-state index contributed by atoms with van der Waals surface area (Å²) in [6.45, 7) is 11.4. The van der Waals surface area contributed by atoms with Crippen LogP contribution in [0.25, 0.3) is 0 Å². The fourth-order valence-electron chi connectivity index (χ4n) is 5.55. The highest BCUT2D eigenvalue weighted by Crippen LogP contribution is 2.21. The number of carbonyl (C=O) groups excluding carboxylic acids is 8. The number of rotatable bonds is 25. The van der Waals surface area contributed by atoms with Crippen molar-refractivity contribution in [1.82, 2.24) is 36.8 Å². The van der Waals surface area contributed by atoms with Crippen molar-refractivity contribution in [3.8, 4) is 0 Å². The molecule has 1 unspecified atom stereocenters. The summed E-state index contributed by atoms with van der Waals surface area (Å²) in [5.74, 6) is -6.22. The molecule has 0 aromatic carbocycles. The van der Waals surface area contributed by atoms with Gasteiger partial charge in [-0.2, -0.15) is 0 Å². The lowest BCUT2D eigenvalue weighted by Crippen LogP contribution is -2.60. The number of likely N-dealkylation sites (tertiary alicyclic amines) is 1. The highest BCUT2D eigenvalue weighted by atomic mass is 16.5. The fourth-order valence-corrected chi connectivity index (χ4v) is 5.55. The third-order valence-electron chi connectivity index (χ3n) is 8.45. The maximum atomic E-state index is 13.8. The summed E-state index contributed by atoms with van der Waals surface area (Å²) < 4.78 is 5.42. The minimum Gasteiger partial charge on any atom is -0.481 e. The van der Waals surface area contributed by atoms with E-state index in [9.17, 15) is 53.4 Å². The van der Waals surface area contributed by atoms with Crippen LogP contribution in [0.15, 0.2) is 0 Å². The first-order valence-corrected chi connectivity index (χ1v) is 18.8. The Morgan fingerprint density at radius 2 is 1.36 bits per heavy atom.